The van der Waals surface area contributed by atoms with Crippen molar-refractivity contribution in [2.24, 2.45) is 0 Å². The lowest BCUT2D eigenvalue weighted by atomic mass is 9.97. The molecule has 2 aromatic carbocycles. The highest BCUT2D eigenvalue weighted by Gasteiger charge is 2.49. The molecule has 30 heavy (non-hydrogen) atoms. The van der Waals surface area contributed by atoms with Crippen LogP contribution in [-0.2, 0) is 6.54 Å². The van der Waals surface area contributed by atoms with E-state index in [1.165, 1.54) is 41.3 Å². The highest BCUT2D eigenvalue weighted by Crippen LogP contribution is 2.44. The molecule has 2 atom stereocenters. The van der Waals surface area contributed by atoms with Crippen molar-refractivity contribution in [1.29, 1.82) is 0 Å². The average molecular weight is 404 g/mol. The van der Waals surface area contributed by atoms with Crippen LogP contribution in [0.4, 0.5) is 5.69 Å². The van der Waals surface area contributed by atoms with Crippen molar-refractivity contribution in [2.75, 3.05) is 25.1 Å². The number of benzene rings is 2. The van der Waals surface area contributed by atoms with Crippen LogP contribution < -0.4 is 10.1 Å². The number of hydrogen-bond donors (Lipinski definition) is 2. The van der Waals surface area contributed by atoms with Gasteiger partial charge in [0.15, 0.2) is 0 Å². The highest BCUT2D eigenvalue weighted by molar-refractivity contribution is 5.93. The molecular formula is C25H29N3O2. The minimum Gasteiger partial charge on any atom is -0.491 e. The Kier molecular flexibility index (Phi) is 5.09. The zero-order valence-corrected chi connectivity index (χ0v) is 17.5. The molecule has 2 aliphatic rings. The number of likely N-dealkylation sites (tertiary alicyclic amines) is 1. The predicted octanol–water partition coefficient (Wildman–Crippen LogP) is 4.13. The van der Waals surface area contributed by atoms with E-state index < -0.39 is 0 Å². The van der Waals surface area contributed by atoms with Crippen molar-refractivity contribution in [3.05, 3.63) is 66.0 Å². The predicted molar refractivity (Wildman–Crippen MR) is 120 cm³/mol. The molecule has 0 radical (unpaired) electrons. The van der Waals surface area contributed by atoms with E-state index in [2.05, 4.69) is 57.7 Å². The van der Waals surface area contributed by atoms with Crippen LogP contribution in [0.5, 0.6) is 5.75 Å². The first-order valence-electron chi connectivity index (χ1n) is 10.8. The van der Waals surface area contributed by atoms with Crippen molar-refractivity contribution >= 4 is 16.5 Å². The highest BCUT2D eigenvalue weighted by atomic mass is 16.5. The van der Waals surface area contributed by atoms with E-state index in [9.17, 15) is 0 Å². The van der Waals surface area contributed by atoms with Gasteiger partial charge in [0.25, 0.3) is 0 Å². The third-order valence-corrected chi connectivity index (χ3v) is 6.67. The Labute approximate surface area is 177 Å². The molecule has 1 aliphatic heterocycles. The van der Waals surface area contributed by atoms with Gasteiger partial charge in [0.05, 0.1) is 12.1 Å². The van der Waals surface area contributed by atoms with Gasteiger partial charge in [-0.25, -0.2) is 0 Å². The number of aryl methyl sites for hydroxylation is 1. The van der Waals surface area contributed by atoms with Crippen LogP contribution in [0.1, 0.15) is 30.4 Å². The van der Waals surface area contributed by atoms with E-state index in [1.54, 1.807) is 0 Å². The van der Waals surface area contributed by atoms with Gasteiger partial charge >= 0.3 is 0 Å². The van der Waals surface area contributed by atoms with Gasteiger partial charge in [-0.15, -0.1) is 0 Å². The Morgan fingerprint density at radius 2 is 2.20 bits per heavy atom. The number of anilines is 1. The molecule has 1 aliphatic carbocycles. The molecule has 1 aromatic heterocycles. The van der Waals surface area contributed by atoms with Crippen molar-refractivity contribution in [1.82, 2.24) is 9.88 Å². The lowest BCUT2D eigenvalue weighted by Crippen LogP contribution is -2.43. The summed E-state index contributed by atoms with van der Waals surface area (Å²) in [5, 5.41) is 15.4. The normalized spacial score (nSPS) is 23.2. The minimum atomic E-state index is 0.0380. The first-order chi connectivity index (χ1) is 14.7. The molecule has 1 saturated carbocycles. The summed E-state index contributed by atoms with van der Waals surface area (Å²) in [5.74, 6) is 0.878. The molecule has 1 saturated heterocycles. The van der Waals surface area contributed by atoms with Crippen LogP contribution in [-0.4, -0.2) is 46.3 Å². The number of pyridine rings is 1. The fraction of sp³-hybridized carbons (Fsp3) is 0.400. The van der Waals surface area contributed by atoms with Crippen molar-refractivity contribution in [2.45, 2.75) is 44.3 Å². The summed E-state index contributed by atoms with van der Waals surface area (Å²) in [5.41, 5.74) is 3.74. The van der Waals surface area contributed by atoms with E-state index in [0.29, 0.717) is 12.6 Å². The number of piperidine rings is 1. The van der Waals surface area contributed by atoms with Gasteiger partial charge in [-0.1, -0.05) is 24.3 Å². The molecule has 0 spiro atoms. The second-order valence-corrected chi connectivity index (χ2v) is 8.78. The van der Waals surface area contributed by atoms with E-state index in [4.69, 9.17) is 9.84 Å². The maximum Gasteiger partial charge on any atom is 0.122 e. The Balaban J connectivity index is 1.32. The summed E-state index contributed by atoms with van der Waals surface area (Å²) in [4.78, 5) is 6.88. The van der Waals surface area contributed by atoms with Gasteiger partial charge < -0.3 is 15.2 Å². The smallest absolute Gasteiger partial charge is 0.122 e. The van der Waals surface area contributed by atoms with Crippen molar-refractivity contribution in [3.63, 3.8) is 0 Å². The maximum absolute atomic E-state index is 9.06. The molecule has 2 bridgehead atoms. The summed E-state index contributed by atoms with van der Waals surface area (Å²) >= 11 is 0. The summed E-state index contributed by atoms with van der Waals surface area (Å²) in [6, 6.07) is 15.6. The number of aliphatic hydroxyl groups is 1. The molecule has 5 rings (SSSR count). The molecule has 2 unspecified atom stereocenters. The topological polar surface area (TPSA) is 57.6 Å². The SMILES string of the molecule is Cc1ccc(CN2CC3(Nc4cccc5cnccc45)CCC2C3)cc1OCCO. The fourth-order valence-electron chi connectivity index (χ4n) is 5.21. The van der Waals surface area contributed by atoms with Crippen LogP contribution in [0.2, 0.25) is 0 Å². The Morgan fingerprint density at radius 3 is 3.10 bits per heavy atom. The number of ether oxygens (including phenoxy) is 1. The largest absolute Gasteiger partial charge is 0.491 e. The number of aromatic nitrogens is 1. The van der Waals surface area contributed by atoms with Crippen LogP contribution >= 0.6 is 0 Å². The van der Waals surface area contributed by atoms with E-state index in [0.717, 1.165) is 24.4 Å². The first-order valence-corrected chi connectivity index (χ1v) is 10.8. The van der Waals surface area contributed by atoms with E-state index >= 15 is 0 Å². The Bertz CT molecular complexity index is 1050. The molecule has 5 nitrogen and oxygen atoms in total. The van der Waals surface area contributed by atoms with Gasteiger partial charge in [-0.05, 0) is 55.5 Å². The molecule has 3 aromatic rings. The average Bonchev–Trinajstić information content (AvgIpc) is 3.32. The molecule has 0 amide bonds. The Hall–Kier alpha value is -2.63. The van der Waals surface area contributed by atoms with Crippen LogP contribution in [0.15, 0.2) is 54.9 Å². The number of fused-ring (bicyclic) bond motifs is 3. The number of rotatable bonds is 7. The zero-order chi connectivity index (χ0) is 20.6. The van der Waals surface area contributed by atoms with Gasteiger partial charge in [0.2, 0.25) is 0 Å². The lowest BCUT2D eigenvalue weighted by molar-refractivity contribution is 0.196. The molecule has 5 heteroatoms. The van der Waals surface area contributed by atoms with Crippen LogP contribution in [0.25, 0.3) is 10.8 Å². The van der Waals surface area contributed by atoms with Gasteiger partial charge in [0.1, 0.15) is 12.4 Å². The van der Waals surface area contributed by atoms with Gasteiger partial charge in [-0.2, -0.15) is 0 Å². The summed E-state index contributed by atoms with van der Waals surface area (Å²) in [6.07, 6.45) is 7.45. The number of hydrogen-bond acceptors (Lipinski definition) is 5. The quantitative estimate of drug-likeness (QED) is 0.621. The third-order valence-electron chi connectivity index (χ3n) is 6.67. The second-order valence-electron chi connectivity index (χ2n) is 8.78. The monoisotopic (exact) mass is 403 g/mol. The fourth-order valence-corrected chi connectivity index (χ4v) is 5.21. The molecule has 2 fully saturated rings. The molecule has 2 N–H and O–H groups in total. The standard InChI is InChI=1S/C25H29N3O2/c1-18-5-6-19(13-24(18)30-12-11-29)16-28-17-25(9-7-21(28)14-25)27-23-4-2-3-20-15-26-10-8-22(20)23/h2-6,8,10,13,15,21,27,29H,7,9,11-12,14,16-17H2,1H3. The van der Waals surface area contributed by atoms with Gasteiger partial charge in [0, 0.05) is 48.0 Å². The van der Waals surface area contributed by atoms with Crippen molar-refractivity contribution < 1.29 is 9.84 Å². The van der Waals surface area contributed by atoms with Crippen LogP contribution in [0, 0.1) is 6.92 Å². The first kappa shape index (κ1) is 19.3. The Morgan fingerprint density at radius 1 is 1.27 bits per heavy atom. The summed E-state index contributed by atoms with van der Waals surface area (Å²) in [7, 11) is 0. The maximum atomic E-state index is 9.06. The van der Waals surface area contributed by atoms with Gasteiger partial charge in [-0.3, -0.25) is 9.88 Å². The molecule has 2 heterocycles. The van der Waals surface area contributed by atoms with Crippen LogP contribution in [0.3, 0.4) is 0 Å². The number of nitrogens with one attached hydrogen (secondary N) is 1. The lowest BCUT2D eigenvalue weighted by Gasteiger charge is -2.34. The summed E-state index contributed by atoms with van der Waals surface area (Å²) in [6.45, 7) is 4.41. The number of aliphatic hydroxyl groups excluding tert-OH is 1. The third kappa shape index (κ3) is 3.64. The van der Waals surface area contributed by atoms with Crippen molar-refractivity contribution in [3.8, 4) is 5.75 Å². The minimum absolute atomic E-state index is 0.0380. The van der Waals surface area contributed by atoms with E-state index in [1.807, 2.05) is 19.3 Å². The molecular weight excluding hydrogens is 374 g/mol. The number of nitrogens with zero attached hydrogens (tertiary/aromatic N) is 2. The second kappa shape index (κ2) is 7.89. The summed E-state index contributed by atoms with van der Waals surface area (Å²) < 4.78 is 5.71. The van der Waals surface area contributed by atoms with E-state index in [-0.39, 0.29) is 12.1 Å². The molecule has 156 valence electrons. The zero-order valence-electron chi connectivity index (χ0n) is 17.5.